The molecule has 1 aliphatic heterocycles. The molecule has 29 heavy (non-hydrogen) atoms. The molecule has 0 amide bonds. The van der Waals surface area contributed by atoms with Gasteiger partial charge in [0.25, 0.3) is 0 Å². The van der Waals surface area contributed by atoms with Crippen molar-refractivity contribution in [2.24, 2.45) is 5.92 Å². The Morgan fingerprint density at radius 2 is 2.10 bits per heavy atom. The van der Waals surface area contributed by atoms with Crippen LogP contribution in [-0.2, 0) is 15.6 Å². The van der Waals surface area contributed by atoms with Crippen LogP contribution in [0.2, 0.25) is 0 Å². The quantitative estimate of drug-likeness (QED) is 0.684. The van der Waals surface area contributed by atoms with Crippen LogP contribution in [0.15, 0.2) is 30.9 Å². The summed E-state index contributed by atoms with van der Waals surface area (Å²) >= 11 is 0. The zero-order chi connectivity index (χ0) is 20.8. The molecule has 1 fully saturated rings. The van der Waals surface area contributed by atoms with Crippen LogP contribution in [-0.4, -0.2) is 51.3 Å². The highest BCUT2D eigenvalue weighted by molar-refractivity contribution is 7.89. The Kier molecular flexibility index (Phi) is 4.41. The lowest BCUT2D eigenvalue weighted by molar-refractivity contribution is 0.0357. The third-order valence-corrected chi connectivity index (χ3v) is 7.47. The minimum Gasteiger partial charge on any atom is -0.346 e. The molecule has 0 spiro atoms. The van der Waals surface area contributed by atoms with Crippen molar-refractivity contribution in [1.82, 2.24) is 24.1 Å². The van der Waals surface area contributed by atoms with Crippen LogP contribution in [0.25, 0.3) is 22.2 Å². The lowest BCUT2D eigenvalue weighted by atomic mass is 9.80. The van der Waals surface area contributed by atoms with E-state index in [0.29, 0.717) is 16.8 Å². The Morgan fingerprint density at radius 1 is 1.34 bits per heavy atom. The molecular formula is C19H19N7O2S. The van der Waals surface area contributed by atoms with E-state index in [2.05, 4.69) is 27.2 Å². The first-order valence-electron chi connectivity index (χ1n) is 9.15. The summed E-state index contributed by atoms with van der Waals surface area (Å²) in [7, 11) is -3.33. The lowest BCUT2D eigenvalue weighted by Gasteiger charge is -2.50. The van der Waals surface area contributed by atoms with Crippen molar-refractivity contribution in [3.05, 3.63) is 36.4 Å². The average molecular weight is 409 g/mol. The van der Waals surface area contributed by atoms with Crippen LogP contribution in [0, 0.1) is 28.6 Å². The van der Waals surface area contributed by atoms with Crippen molar-refractivity contribution in [3.63, 3.8) is 0 Å². The SMILES string of the molecule is CCS(=O)(=O)N1CC([C@H](C)C#N)(n2cc(-c3c(C#N)cnc4[nH]ccc34)cn2)C1. The molecule has 1 aliphatic rings. The van der Waals surface area contributed by atoms with Crippen LogP contribution < -0.4 is 0 Å². The van der Waals surface area contributed by atoms with E-state index < -0.39 is 21.5 Å². The number of nitrogens with zero attached hydrogens (tertiary/aromatic N) is 6. The maximum Gasteiger partial charge on any atom is 0.213 e. The van der Waals surface area contributed by atoms with Gasteiger partial charge < -0.3 is 4.98 Å². The summed E-state index contributed by atoms with van der Waals surface area (Å²) in [6.45, 7) is 3.76. The second-order valence-electron chi connectivity index (χ2n) is 7.20. The third kappa shape index (κ3) is 2.80. The van der Waals surface area contributed by atoms with E-state index in [4.69, 9.17) is 0 Å². The second kappa shape index (κ2) is 6.69. The fraction of sp³-hybridized carbons (Fsp3) is 0.368. The zero-order valence-electron chi connectivity index (χ0n) is 16.0. The normalized spacial score (nSPS) is 17.4. The second-order valence-corrected chi connectivity index (χ2v) is 9.45. The summed E-state index contributed by atoms with van der Waals surface area (Å²) in [5.74, 6) is -0.429. The van der Waals surface area contributed by atoms with E-state index in [-0.39, 0.29) is 18.8 Å². The molecule has 148 valence electrons. The summed E-state index contributed by atoms with van der Waals surface area (Å²) < 4.78 is 27.5. The number of rotatable bonds is 5. The molecule has 0 aromatic carbocycles. The van der Waals surface area contributed by atoms with Gasteiger partial charge in [0.05, 0.1) is 29.5 Å². The first-order valence-corrected chi connectivity index (χ1v) is 10.8. The first kappa shape index (κ1) is 19.1. The summed E-state index contributed by atoms with van der Waals surface area (Å²) in [6, 6.07) is 6.26. The highest BCUT2D eigenvalue weighted by Gasteiger charge is 2.53. The Morgan fingerprint density at radius 3 is 2.76 bits per heavy atom. The van der Waals surface area contributed by atoms with Crippen LogP contribution >= 0.6 is 0 Å². The van der Waals surface area contributed by atoms with Crippen LogP contribution in [0.3, 0.4) is 0 Å². The van der Waals surface area contributed by atoms with Crippen molar-refractivity contribution in [2.45, 2.75) is 19.4 Å². The van der Waals surface area contributed by atoms with E-state index in [9.17, 15) is 18.9 Å². The number of fused-ring (bicyclic) bond motifs is 1. The van der Waals surface area contributed by atoms with Gasteiger partial charge in [-0.05, 0) is 19.9 Å². The van der Waals surface area contributed by atoms with Gasteiger partial charge >= 0.3 is 0 Å². The Balaban J connectivity index is 1.79. The molecule has 0 bridgehead atoms. The predicted molar refractivity (Wildman–Crippen MR) is 106 cm³/mol. The van der Waals surface area contributed by atoms with Crippen molar-refractivity contribution in [1.29, 1.82) is 10.5 Å². The Bertz CT molecular complexity index is 1270. The molecule has 3 aromatic rings. The molecule has 1 atom stereocenters. The zero-order valence-corrected chi connectivity index (χ0v) is 16.8. The number of hydrogen-bond donors (Lipinski definition) is 1. The van der Waals surface area contributed by atoms with Crippen molar-refractivity contribution >= 4 is 21.1 Å². The summed E-state index contributed by atoms with van der Waals surface area (Å²) in [4.78, 5) is 7.28. The number of hydrogen-bond acceptors (Lipinski definition) is 6. The minimum atomic E-state index is -3.33. The topological polar surface area (TPSA) is 131 Å². The molecule has 4 rings (SSSR count). The molecule has 3 aromatic heterocycles. The number of nitrogens with one attached hydrogen (secondary N) is 1. The number of aromatic nitrogens is 4. The fourth-order valence-electron chi connectivity index (χ4n) is 3.78. The molecule has 1 saturated heterocycles. The van der Waals surface area contributed by atoms with E-state index in [1.165, 1.54) is 10.5 Å². The van der Waals surface area contributed by atoms with Gasteiger partial charge in [-0.25, -0.2) is 13.4 Å². The molecule has 0 saturated carbocycles. The number of pyridine rings is 1. The summed E-state index contributed by atoms with van der Waals surface area (Å²) in [5.41, 5.74) is 1.77. The maximum atomic E-state index is 12.2. The highest BCUT2D eigenvalue weighted by Crippen LogP contribution is 2.39. The van der Waals surface area contributed by atoms with Gasteiger partial charge in [0.15, 0.2) is 0 Å². The molecular weight excluding hydrogens is 390 g/mol. The van der Waals surface area contributed by atoms with Crippen LogP contribution in [0.4, 0.5) is 0 Å². The smallest absolute Gasteiger partial charge is 0.213 e. The molecule has 0 radical (unpaired) electrons. The molecule has 10 heteroatoms. The maximum absolute atomic E-state index is 12.2. The fourth-order valence-corrected chi connectivity index (χ4v) is 4.99. The van der Waals surface area contributed by atoms with E-state index in [1.807, 2.05) is 6.07 Å². The minimum absolute atomic E-state index is 0.0163. The Hall–Kier alpha value is -3.21. The monoisotopic (exact) mass is 409 g/mol. The van der Waals surface area contributed by atoms with Crippen molar-refractivity contribution < 1.29 is 8.42 Å². The number of aromatic amines is 1. The highest BCUT2D eigenvalue weighted by atomic mass is 32.2. The van der Waals surface area contributed by atoms with Crippen molar-refractivity contribution in [2.75, 3.05) is 18.8 Å². The number of H-pyrrole nitrogens is 1. The average Bonchev–Trinajstić information content (AvgIpc) is 3.35. The van der Waals surface area contributed by atoms with Gasteiger partial charge in [-0.2, -0.15) is 19.9 Å². The van der Waals surface area contributed by atoms with Gasteiger partial charge in [0, 0.05) is 48.2 Å². The van der Waals surface area contributed by atoms with Crippen LogP contribution in [0.5, 0.6) is 0 Å². The van der Waals surface area contributed by atoms with Crippen LogP contribution in [0.1, 0.15) is 19.4 Å². The molecule has 0 aliphatic carbocycles. The molecule has 1 N–H and O–H groups in total. The standard InChI is InChI=1S/C19H19N7O2S/c1-3-29(27,28)25-11-19(12-25,13(2)6-20)26-10-15(9-24-26)17-14(7-21)8-23-18-16(17)4-5-22-18/h4-5,8-10,13H,3,11-12H2,1-2H3,(H,22,23)/t13-/m1/s1. The van der Waals surface area contributed by atoms with Gasteiger partial charge in [0.2, 0.25) is 10.0 Å². The molecule has 4 heterocycles. The van der Waals surface area contributed by atoms with Gasteiger partial charge in [-0.3, -0.25) is 4.68 Å². The number of nitriles is 2. The predicted octanol–water partition coefficient (Wildman–Crippen LogP) is 1.82. The first-order chi connectivity index (χ1) is 13.9. The van der Waals surface area contributed by atoms with E-state index in [0.717, 1.165) is 10.9 Å². The van der Waals surface area contributed by atoms with E-state index >= 15 is 0 Å². The van der Waals surface area contributed by atoms with Gasteiger partial charge in [-0.1, -0.05) is 0 Å². The lowest BCUT2D eigenvalue weighted by Crippen LogP contribution is -2.67. The van der Waals surface area contributed by atoms with Gasteiger partial charge in [0.1, 0.15) is 17.3 Å². The van der Waals surface area contributed by atoms with Crippen molar-refractivity contribution in [3.8, 4) is 23.3 Å². The largest absolute Gasteiger partial charge is 0.346 e. The molecule has 0 unspecified atom stereocenters. The Labute approximate surface area is 168 Å². The third-order valence-electron chi connectivity index (χ3n) is 5.69. The van der Waals surface area contributed by atoms with Gasteiger partial charge in [-0.15, -0.1) is 0 Å². The molecule has 9 nitrogen and oxygen atoms in total. The number of sulfonamides is 1. The summed E-state index contributed by atoms with van der Waals surface area (Å²) in [5, 5.41) is 24.4. The van der Waals surface area contributed by atoms with E-state index in [1.54, 1.807) is 37.1 Å². The summed E-state index contributed by atoms with van der Waals surface area (Å²) in [6.07, 6.45) is 6.70.